The predicted molar refractivity (Wildman–Crippen MR) is 115 cm³/mol. The summed E-state index contributed by atoms with van der Waals surface area (Å²) in [6, 6.07) is 14.4. The van der Waals surface area contributed by atoms with Crippen molar-refractivity contribution in [2.75, 3.05) is 26.4 Å². The molecule has 0 bridgehead atoms. The van der Waals surface area contributed by atoms with Crippen molar-refractivity contribution in [1.82, 2.24) is 10.9 Å². The minimum atomic E-state index is -0.477. The van der Waals surface area contributed by atoms with Crippen LogP contribution < -0.4 is 20.3 Å². The molecule has 30 heavy (non-hydrogen) atoms. The smallest absolute Gasteiger partial charge is 0.276 e. The number of carbonyl (C=O) groups excluding carboxylic acids is 2. The number of rotatable bonds is 11. The number of hydrazine groups is 1. The Morgan fingerprint density at radius 2 is 1.60 bits per heavy atom. The number of para-hydroxylation sites is 2. The zero-order valence-corrected chi connectivity index (χ0v) is 17.8. The highest BCUT2D eigenvalue weighted by molar-refractivity contribution is 5.97. The number of carbonyl (C=O) groups is 2. The third kappa shape index (κ3) is 7.08. The normalized spacial score (nSPS) is 11.4. The van der Waals surface area contributed by atoms with E-state index in [1.165, 1.54) is 0 Å². The first-order chi connectivity index (χ1) is 14.6. The summed E-state index contributed by atoms with van der Waals surface area (Å²) in [5.74, 6) is 0.472. The fourth-order valence-corrected chi connectivity index (χ4v) is 2.75. The highest BCUT2D eigenvalue weighted by Crippen LogP contribution is 2.28. The van der Waals surface area contributed by atoms with Crippen molar-refractivity contribution in [3.05, 3.63) is 59.7 Å². The lowest BCUT2D eigenvalue weighted by Gasteiger charge is -2.16. The summed E-state index contributed by atoms with van der Waals surface area (Å²) in [5, 5.41) is 0. The highest BCUT2D eigenvalue weighted by Gasteiger charge is 2.14. The van der Waals surface area contributed by atoms with Gasteiger partial charge in [0.15, 0.2) is 6.61 Å². The fraction of sp³-hybridized carbons (Fsp3) is 0.391. The molecule has 162 valence electrons. The Balaban J connectivity index is 1.86. The summed E-state index contributed by atoms with van der Waals surface area (Å²) in [5.41, 5.74) is 6.14. The molecule has 0 heterocycles. The summed E-state index contributed by atoms with van der Waals surface area (Å²) in [6.07, 6.45) is 0.967. The van der Waals surface area contributed by atoms with Gasteiger partial charge in [0.1, 0.15) is 18.1 Å². The van der Waals surface area contributed by atoms with Gasteiger partial charge in [0.05, 0.1) is 12.2 Å². The minimum Gasteiger partial charge on any atom is -0.490 e. The average Bonchev–Trinajstić information content (AvgIpc) is 2.78. The molecule has 0 saturated heterocycles. The van der Waals surface area contributed by atoms with Crippen molar-refractivity contribution >= 4 is 11.8 Å². The highest BCUT2D eigenvalue weighted by atomic mass is 16.5. The second-order valence-electron chi connectivity index (χ2n) is 6.68. The van der Waals surface area contributed by atoms with Crippen LogP contribution in [0.1, 0.15) is 49.0 Å². The first-order valence-electron chi connectivity index (χ1n) is 10.2. The van der Waals surface area contributed by atoms with Gasteiger partial charge in [0, 0.05) is 6.61 Å². The monoisotopic (exact) mass is 414 g/mol. The van der Waals surface area contributed by atoms with Gasteiger partial charge in [-0.25, -0.2) is 0 Å². The zero-order chi connectivity index (χ0) is 21.8. The predicted octanol–water partition coefficient (Wildman–Crippen LogP) is 3.46. The van der Waals surface area contributed by atoms with E-state index in [-0.39, 0.29) is 6.61 Å². The Hall–Kier alpha value is -3.06. The SMILES string of the molecule is CCOCCOc1ccccc1C(=O)NNC(=O)COc1ccccc1C(C)CC. The second kappa shape index (κ2) is 12.5. The van der Waals surface area contributed by atoms with Crippen LogP contribution in [0.15, 0.2) is 48.5 Å². The van der Waals surface area contributed by atoms with E-state index in [0.29, 0.717) is 42.8 Å². The number of nitrogens with one attached hydrogen (secondary N) is 2. The zero-order valence-electron chi connectivity index (χ0n) is 17.8. The topological polar surface area (TPSA) is 85.9 Å². The van der Waals surface area contributed by atoms with E-state index in [1.807, 2.05) is 31.2 Å². The molecule has 2 aromatic carbocycles. The minimum absolute atomic E-state index is 0.208. The van der Waals surface area contributed by atoms with Crippen molar-refractivity contribution in [1.29, 1.82) is 0 Å². The van der Waals surface area contributed by atoms with Gasteiger partial charge in [0.2, 0.25) is 0 Å². The number of hydrogen-bond acceptors (Lipinski definition) is 5. The van der Waals surface area contributed by atoms with Crippen molar-refractivity contribution < 1.29 is 23.8 Å². The van der Waals surface area contributed by atoms with Gasteiger partial charge in [-0.1, -0.05) is 44.2 Å². The van der Waals surface area contributed by atoms with E-state index in [9.17, 15) is 9.59 Å². The molecule has 1 atom stereocenters. The molecule has 2 N–H and O–H groups in total. The molecule has 2 amide bonds. The van der Waals surface area contributed by atoms with Crippen molar-refractivity contribution in [2.24, 2.45) is 0 Å². The van der Waals surface area contributed by atoms with E-state index in [0.717, 1.165) is 12.0 Å². The molecule has 2 aromatic rings. The molecule has 7 nitrogen and oxygen atoms in total. The fourth-order valence-electron chi connectivity index (χ4n) is 2.75. The molecule has 0 aliphatic heterocycles. The van der Waals surface area contributed by atoms with Crippen LogP contribution >= 0.6 is 0 Å². The van der Waals surface area contributed by atoms with Crippen molar-refractivity contribution in [3.63, 3.8) is 0 Å². The van der Waals surface area contributed by atoms with E-state index in [2.05, 4.69) is 24.7 Å². The van der Waals surface area contributed by atoms with Crippen LogP contribution in [0.5, 0.6) is 11.5 Å². The van der Waals surface area contributed by atoms with Crippen LogP contribution in [0.3, 0.4) is 0 Å². The van der Waals surface area contributed by atoms with E-state index < -0.39 is 11.8 Å². The largest absolute Gasteiger partial charge is 0.490 e. The quantitative estimate of drug-likeness (QED) is 0.434. The Morgan fingerprint density at radius 3 is 2.33 bits per heavy atom. The van der Waals surface area contributed by atoms with Crippen LogP contribution in [0.4, 0.5) is 0 Å². The number of ether oxygens (including phenoxy) is 3. The molecule has 0 saturated carbocycles. The Labute approximate surface area is 177 Å². The van der Waals surface area contributed by atoms with Gasteiger partial charge in [0.25, 0.3) is 11.8 Å². The Bertz CT molecular complexity index is 825. The number of amides is 2. The lowest BCUT2D eigenvalue weighted by molar-refractivity contribution is -0.123. The lowest BCUT2D eigenvalue weighted by Crippen LogP contribution is -2.44. The average molecular weight is 415 g/mol. The molecule has 0 radical (unpaired) electrons. The van der Waals surface area contributed by atoms with Crippen LogP contribution in [-0.4, -0.2) is 38.2 Å². The molecule has 0 aliphatic carbocycles. The van der Waals surface area contributed by atoms with Crippen molar-refractivity contribution in [2.45, 2.75) is 33.1 Å². The molecule has 7 heteroatoms. The van der Waals surface area contributed by atoms with Crippen molar-refractivity contribution in [3.8, 4) is 11.5 Å². The Morgan fingerprint density at radius 1 is 0.900 bits per heavy atom. The summed E-state index contributed by atoms with van der Waals surface area (Å²) in [7, 11) is 0. The summed E-state index contributed by atoms with van der Waals surface area (Å²) in [6.45, 7) is 7.25. The van der Waals surface area contributed by atoms with Gasteiger partial charge in [-0.15, -0.1) is 0 Å². The van der Waals surface area contributed by atoms with Gasteiger partial charge in [-0.05, 0) is 43.0 Å². The molecule has 1 unspecified atom stereocenters. The first kappa shape index (κ1) is 23.2. The summed E-state index contributed by atoms with van der Waals surface area (Å²) >= 11 is 0. The maximum Gasteiger partial charge on any atom is 0.276 e. The van der Waals surface area contributed by atoms with Crippen LogP contribution in [-0.2, 0) is 9.53 Å². The molecule has 0 fully saturated rings. The molecule has 0 aromatic heterocycles. The van der Waals surface area contributed by atoms with E-state index >= 15 is 0 Å². The lowest BCUT2D eigenvalue weighted by atomic mass is 9.98. The van der Waals surface area contributed by atoms with E-state index in [1.54, 1.807) is 24.3 Å². The van der Waals surface area contributed by atoms with Gasteiger partial charge >= 0.3 is 0 Å². The molecule has 0 aliphatic rings. The molecule has 2 rings (SSSR count). The second-order valence-corrected chi connectivity index (χ2v) is 6.68. The van der Waals surface area contributed by atoms with Crippen LogP contribution in [0, 0.1) is 0 Å². The van der Waals surface area contributed by atoms with Gasteiger partial charge < -0.3 is 14.2 Å². The standard InChI is InChI=1S/C23H30N2O5/c1-4-17(3)18-10-6-8-12-20(18)30-16-22(26)24-25-23(27)19-11-7-9-13-21(19)29-15-14-28-5-2/h6-13,17H,4-5,14-16H2,1-3H3,(H,24,26)(H,25,27). The first-order valence-corrected chi connectivity index (χ1v) is 10.2. The van der Waals surface area contributed by atoms with E-state index in [4.69, 9.17) is 14.2 Å². The van der Waals surface area contributed by atoms with Crippen LogP contribution in [0.2, 0.25) is 0 Å². The maximum absolute atomic E-state index is 12.4. The van der Waals surface area contributed by atoms with Gasteiger partial charge in [-0.2, -0.15) is 0 Å². The summed E-state index contributed by atoms with van der Waals surface area (Å²) in [4.78, 5) is 24.6. The Kier molecular flexibility index (Phi) is 9.67. The van der Waals surface area contributed by atoms with Gasteiger partial charge in [-0.3, -0.25) is 20.4 Å². The number of benzene rings is 2. The molecular formula is C23H30N2O5. The van der Waals surface area contributed by atoms with Crippen LogP contribution in [0.25, 0.3) is 0 Å². The summed E-state index contributed by atoms with van der Waals surface area (Å²) < 4.78 is 16.5. The molecule has 0 spiro atoms. The number of hydrogen-bond donors (Lipinski definition) is 2. The molecular weight excluding hydrogens is 384 g/mol. The maximum atomic E-state index is 12.4. The third-order valence-corrected chi connectivity index (χ3v) is 4.56. The third-order valence-electron chi connectivity index (χ3n) is 4.56.